The number of piperidine rings is 1. The highest BCUT2D eigenvalue weighted by Crippen LogP contribution is 2.13. The lowest BCUT2D eigenvalue weighted by Crippen LogP contribution is -2.47. The molecular weight excluding hydrogens is 190 g/mol. The van der Waals surface area contributed by atoms with E-state index in [-0.39, 0.29) is 6.03 Å². The maximum Gasteiger partial charge on any atom is 0.317 e. The number of nitrogens with zero attached hydrogens (tertiary/aromatic N) is 2. The molecule has 0 aromatic rings. The highest BCUT2D eigenvalue weighted by molar-refractivity contribution is 5.73. The fourth-order valence-corrected chi connectivity index (χ4v) is 1.89. The molecule has 0 spiro atoms. The summed E-state index contributed by atoms with van der Waals surface area (Å²) in [7, 11) is 3.96. The zero-order chi connectivity index (χ0) is 11.3. The summed E-state index contributed by atoms with van der Waals surface area (Å²) < 4.78 is 0. The average molecular weight is 213 g/mol. The van der Waals surface area contributed by atoms with Gasteiger partial charge in [0.2, 0.25) is 0 Å². The van der Waals surface area contributed by atoms with Crippen molar-refractivity contribution in [1.29, 1.82) is 0 Å². The third-order valence-electron chi connectivity index (χ3n) is 3.23. The van der Waals surface area contributed by atoms with E-state index in [1.807, 2.05) is 14.0 Å². The van der Waals surface area contributed by atoms with Gasteiger partial charge in [0, 0.05) is 26.2 Å². The number of carbonyl (C=O) groups is 1. The Labute approximate surface area is 92.6 Å². The molecule has 4 nitrogen and oxygen atoms in total. The van der Waals surface area contributed by atoms with Crippen LogP contribution in [0.25, 0.3) is 0 Å². The van der Waals surface area contributed by atoms with E-state index in [0.717, 1.165) is 19.6 Å². The first kappa shape index (κ1) is 12.3. The van der Waals surface area contributed by atoms with Crippen LogP contribution in [0, 0.1) is 0 Å². The predicted octanol–water partition coefficient (Wildman–Crippen LogP) is 1.13. The summed E-state index contributed by atoms with van der Waals surface area (Å²) in [6.45, 7) is 4.67. The number of carbonyl (C=O) groups excluding carboxylic acids is 1. The molecule has 1 saturated heterocycles. The Hall–Kier alpha value is -0.770. The second kappa shape index (κ2) is 5.95. The topological polar surface area (TPSA) is 35.6 Å². The molecule has 1 aliphatic rings. The summed E-state index contributed by atoms with van der Waals surface area (Å²) in [5.41, 5.74) is 0. The van der Waals surface area contributed by atoms with Crippen LogP contribution < -0.4 is 5.32 Å². The van der Waals surface area contributed by atoms with Gasteiger partial charge in [-0.25, -0.2) is 4.79 Å². The van der Waals surface area contributed by atoms with Crippen molar-refractivity contribution in [3.63, 3.8) is 0 Å². The Balaban J connectivity index is 2.26. The van der Waals surface area contributed by atoms with Crippen molar-refractivity contribution >= 4 is 6.03 Å². The molecule has 0 aromatic carbocycles. The van der Waals surface area contributed by atoms with Crippen LogP contribution in [0.4, 0.5) is 4.79 Å². The number of hydrogen-bond donors (Lipinski definition) is 1. The van der Waals surface area contributed by atoms with Crippen molar-refractivity contribution in [2.45, 2.75) is 32.2 Å². The van der Waals surface area contributed by atoms with Crippen LogP contribution >= 0.6 is 0 Å². The summed E-state index contributed by atoms with van der Waals surface area (Å²) in [4.78, 5) is 15.6. The molecule has 0 radical (unpaired) electrons. The summed E-state index contributed by atoms with van der Waals surface area (Å²) >= 11 is 0. The first-order valence-corrected chi connectivity index (χ1v) is 5.84. The molecule has 88 valence electrons. The minimum atomic E-state index is 0.0384. The van der Waals surface area contributed by atoms with E-state index in [1.165, 1.54) is 19.3 Å². The lowest BCUT2D eigenvalue weighted by atomic mass is 10.0. The zero-order valence-electron chi connectivity index (χ0n) is 10.1. The maximum absolute atomic E-state index is 11.5. The van der Waals surface area contributed by atoms with Gasteiger partial charge < -0.3 is 15.1 Å². The van der Waals surface area contributed by atoms with Crippen LogP contribution in [-0.2, 0) is 0 Å². The smallest absolute Gasteiger partial charge is 0.317 e. The molecule has 15 heavy (non-hydrogen) atoms. The number of rotatable bonds is 3. The average Bonchev–Trinajstić information content (AvgIpc) is 2.26. The van der Waals surface area contributed by atoms with Gasteiger partial charge in [-0.15, -0.1) is 0 Å². The van der Waals surface area contributed by atoms with E-state index in [1.54, 1.807) is 4.90 Å². The van der Waals surface area contributed by atoms with Crippen LogP contribution in [0.15, 0.2) is 0 Å². The Kier molecular flexibility index (Phi) is 4.88. The van der Waals surface area contributed by atoms with Crippen LogP contribution in [-0.4, -0.2) is 55.6 Å². The number of urea groups is 1. The van der Waals surface area contributed by atoms with E-state index >= 15 is 0 Å². The van der Waals surface area contributed by atoms with Gasteiger partial charge in [-0.05, 0) is 33.4 Å². The van der Waals surface area contributed by atoms with Gasteiger partial charge in [0.05, 0.1) is 0 Å². The molecule has 0 aromatic heterocycles. The molecule has 1 rings (SSSR count). The molecule has 1 fully saturated rings. The predicted molar refractivity (Wildman–Crippen MR) is 62.0 cm³/mol. The maximum atomic E-state index is 11.5. The number of amides is 2. The fraction of sp³-hybridized carbons (Fsp3) is 0.909. The summed E-state index contributed by atoms with van der Waals surface area (Å²) in [6, 6.07) is 0.560. The number of hydrogen-bond acceptors (Lipinski definition) is 2. The van der Waals surface area contributed by atoms with Gasteiger partial charge in [-0.1, -0.05) is 6.42 Å². The van der Waals surface area contributed by atoms with Crippen molar-refractivity contribution in [2.75, 3.05) is 33.7 Å². The Morgan fingerprint density at radius 3 is 2.87 bits per heavy atom. The van der Waals surface area contributed by atoms with Crippen molar-refractivity contribution in [1.82, 2.24) is 15.1 Å². The van der Waals surface area contributed by atoms with Crippen molar-refractivity contribution in [2.24, 2.45) is 0 Å². The lowest BCUT2D eigenvalue weighted by Gasteiger charge is -2.32. The molecule has 1 atom stereocenters. The standard InChI is InChI=1S/C11H23N3O/c1-4-13(2)11(15)12-9-10-7-5-6-8-14(10)3/h10H,4-9H2,1-3H3,(H,12,15). The minimum Gasteiger partial charge on any atom is -0.336 e. The van der Waals surface area contributed by atoms with Gasteiger partial charge in [0.15, 0.2) is 0 Å². The molecule has 0 bridgehead atoms. The molecule has 0 aliphatic carbocycles. The second-order valence-electron chi connectivity index (χ2n) is 4.33. The van der Waals surface area contributed by atoms with Crippen LogP contribution in [0.1, 0.15) is 26.2 Å². The summed E-state index contributed by atoms with van der Waals surface area (Å²) in [5, 5.41) is 2.98. The van der Waals surface area contributed by atoms with Gasteiger partial charge in [-0.2, -0.15) is 0 Å². The van der Waals surface area contributed by atoms with E-state index in [4.69, 9.17) is 0 Å². The first-order chi connectivity index (χ1) is 7.15. The third-order valence-corrected chi connectivity index (χ3v) is 3.23. The monoisotopic (exact) mass is 213 g/mol. The molecule has 0 saturated carbocycles. The van der Waals surface area contributed by atoms with E-state index in [2.05, 4.69) is 17.3 Å². The largest absolute Gasteiger partial charge is 0.336 e. The third kappa shape index (κ3) is 3.70. The molecule has 1 N–H and O–H groups in total. The SMILES string of the molecule is CCN(C)C(=O)NCC1CCCCN1C. The Morgan fingerprint density at radius 2 is 2.27 bits per heavy atom. The van der Waals surface area contributed by atoms with Crippen LogP contribution in [0.3, 0.4) is 0 Å². The Bertz CT molecular complexity index is 208. The van der Waals surface area contributed by atoms with Crippen molar-refractivity contribution in [3.05, 3.63) is 0 Å². The van der Waals surface area contributed by atoms with Gasteiger partial charge in [-0.3, -0.25) is 0 Å². The molecule has 1 unspecified atom stereocenters. The van der Waals surface area contributed by atoms with E-state index < -0.39 is 0 Å². The molecule has 1 aliphatic heterocycles. The molecule has 2 amide bonds. The summed E-state index contributed by atoms with van der Waals surface area (Å²) in [6.07, 6.45) is 3.77. The highest BCUT2D eigenvalue weighted by Gasteiger charge is 2.19. The second-order valence-corrected chi connectivity index (χ2v) is 4.33. The normalized spacial score (nSPS) is 22.5. The van der Waals surface area contributed by atoms with Gasteiger partial charge >= 0.3 is 6.03 Å². The highest BCUT2D eigenvalue weighted by atomic mass is 16.2. The molecule has 1 heterocycles. The Morgan fingerprint density at radius 1 is 1.53 bits per heavy atom. The number of likely N-dealkylation sites (N-methyl/N-ethyl adjacent to an activating group) is 1. The molecule has 4 heteroatoms. The molecular formula is C11H23N3O. The van der Waals surface area contributed by atoms with Crippen LogP contribution in [0.2, 0.25) is 0 Å². The number of nitrogens with one attached hydrogen (secondary N) is 1. The van der Waals surface area contributed by atoms with E-state index in [0.29, 0.717) is 6.04 Å². The zero-order valence-corrected chi connectivity index (χ0v) is 10.1. The quantitative estimate of drug-likeness (QED) is 0.763. The first-order valence-electron chi connectivity index (χ1n) is 5.84. The van der Waals surface area contributed by atoms with E-state index in [9.17, 15) is 4.79 Å². The van der Waals surface area contributed by atoms with Gasteiger partial charge in [0.25, 0.3) is 0 Å². The lowest BCUT2D eigenvalue weighted by molar-refractivity contribution is 0.173. The minimum absolute atomic E-state index is 0.0384. The fourth-order valence-electron chi connectivity index (χ4n) is 1.89. The van der Waals surface area contributed by atoms with Crippen LogP contribution in [0.5, 0.6) is 0 Å². The van der Waals surface area contributed by atoms with Crippen molar-refractivity contribution in [3.8, 4) is 0 Å². The van der Waals surface area contributed by atoms with Crippen molar-refractivity contribution < 1.29 is 4.79 Å². The number of likely N-dealkylation sites (tertiary alicyclic amines) is 1. The summed E-state index contributed by atoms with van der Waals surface area (Å²) in [5.74, 6) is 0. The van der Waals surface area contributed by atoms with Gasteiger partial charge in [0.1, 0.15) is 0 Å².